The van der Waals surface area contributed by atoms with Crippen molar-refractivity contribution in [2.75, 3.05) is 25.5 Å². The zero-order valence-electron chi connectivity index (χ0n) is 17.2. The average Bonchev–Trinajstić information content (AvgIpc) is 3.04. The number of likely N-dealkylation sites (N-methyl/N-ethyl adjacent to an activating group) is 1. The maximum Gasteiger partial charge on any atom is 0.573 e. The Hall–Kier alpha value is -2.89. The summed E-state index contributed by atoms with van der Waals surface area (Å²) in [5.74, 6) is -1.22. The third kappa shape index (κ3) is 8.40. The zero-order valence-corrected chi connectivity index (χ0v) is 18.0. The molecule has 0 aliphatic heterocycles. The highest BCUT2D eigenvalue weighted by Crippen LogP contribution is 2.31. The molecular formula is C19H23F3N4O4S. The van der Waals surface area contributed by atoms with Crippen LogP contribution in [0.25, 0.3) is 10.2 Å². The Morgan fingerprint density at radius 3 is 2.58 bits per heavy atom. The third-order valence-electron chi connectivity index (χ3n) is 4.03. The first-order valence-electron chi connectivity index (χ1n) is 9.40. The number of ether oxygens (including phenoxy) is 1. The van der Waals surface area contributed by atoms with Gasteiger partial charge in [0.15, 0.2) is 5.13 Å². The molecule has 2 rings (SSSR count). The van der Waals surface area contributed by atoms with E-state index in [2.05, 4.69) is 20.4 Å². The smallest absolute Gasteiger partial charge is 0.406 e. The monoisotopic (exact) mass is 460 g/mol. The van der Waals surface area contributed by atoms with Gasteiger partial charge in [-0.3, -0.25) is 14.4 Å². The molecule has 2 aromatic rings. The molecular weight excluding hydrogens is 437 g/mol. The minimum absolute atomic E-state index is 0.173. The number of anilines is 1. The van der Waals surface area contributed by atoms with Crippen LogP contribution in [0.3, 0.4) is 0 Å². The summed E-state index contributed by atoms with van der Waals surface area (Å²) in [6, 6.07) is 3.65. The van der Waals surface area contributed by atoms with Crippen LogP contribution in [0.2, 0.25) is 0 Å². The van der Waals surface area contributed by atoms with Crippen LogP contribution < -0.4 is 15.4 Å². The number of amides is 3. The highest BCUT2D eigenvalue weighted by molar-refractivity contribution is 7.22. The number of carbonyl (C=O) groups is 3. The van der Waals surface area contributed by atoms with Crippen LogP contribution in [-0.4, -0.2) is 54.1 Å². The van der Waals surface area contributed by atoms with E-state index in [1.54, 1.807) is 0 Å². The summed E-state index contributed by atoms with van der Waals surface area (Å²) in [5.41, 5.74) is 0.392. The number of nitrogens with one attached hydrogen (secondary N) is 2. The summed E-state index contributed by atoms with van der Waals surface area (Å²) < 4.78 is 41.2. The van der Waals surface area contributed by atoms with E-state index in [1.807, 2.05) is 13.8 Å². The number of rotatable bonds is 9. The predicted octanol–water partition coefficient (Wildman–Crippen LogP) is 3.14. The summed E-state index contributed by atoms with van der Waals surface area (Å²) in [5, 5.41) is 5.20. The van der Waals surface area contributed by atoms with Crippen LogP contribution in [0, 0.1) is 5.92 Å². The van der Waals surface area contributed by atoms with Gasteiger partial charge in [0.1, 0.15) is 5.75 Å². The Labute approximate surface area is 180 Å². The second-order valence-electron chi connectivity index (χ2n) is 7.20. The zero-order chi connectivity index (χ0) is 23.2. The Morgan fingerprint density at radius 2 is 1.94 bits per heavy atom. The van der Waals surface area contributed by atoms with Gasteiger partial charge >= 0.3 is 6.36 Å². The van der Waals surface area contributed by atoms with Crippen molar-refractivity contribution >= 4 is 44.4 Å². The molecule has 0 bridgehead atoms. The molecule has 0 saturated heterocycles. The quantitative estimate of drug-likeness (QED) is 0.599. The van der Waals surface area contributed by atoms with Gasteiger partial charge in [0.25, 0.3) is 0 Å². The van der Waals surface area contributed by atoms with Gasteiger partial charge in [-0.15, -0.1) is 13.2 Å². The van der Waals surface area contributed by atoms with Gasteiger partial charge in [0.05, 0.1) is 23.3 Å². The normalized spacial score (nSPS) is 11.5. The number of halogens is 3. The first kappa shape index (κ1) is 24.4. The molecule has 0 unspecified atom stereocenters. The van der Waals surface area contributed by atoms with Crippen molar-refractivity contribution in [3.05, 3.63) is 18.2 Å². The van der Waals surface area contributed by atoms with Crippen molar-refractivity contribution in [3.63, 3.8) is 0 Å². The molecule has 31 heavy (non-hydrogen) atoms. The highest BCUT2D eigenvalue weighted by atomic mass is 32.1. The van der Waals surface area contributed by atoms with Gasteiger partial charge in [-0.05, 0) is 24.5 Å². The fourth-order valence-electron chi connectivity index (χ4n) is 2.44. The second-order valence-corrected chi connectivity index (χ2v) is 8.23. The molecule has 0 radical (unpaired) electrons. The molecule has 0 saturated carbocycles. The number of alkyl halides is 3. The van der Waals surface area contributed by atoms with E-state index in [0.29, 0.717) is 29.0 Å². The fraction of sp³-hybridized carbons (Fsp3) is 0.474. The number of carbonyl (C=O) groups excluding carboxylic acids is 3. The highest BCUT2D eigenvalue weighted by Gasteiger charge is 2.31. The summed E-state index contributed by atoms with van der Waals surface area (Å²) in [6.07, 6.45) is -3.77. The molecule has 8 nitrogen and oxygen atoms in total. The Bertz CT molecular complexity index is 946. The van der Waals surface area contributed by atoms with Gasteiger partial charge < -0.3 is 20.3 Å². The lowest BCUT2D eigenvalue weighted by Crippen LogP contribution is -2.41. The molecule has 0 aliphatic rings. The standard InChI is InChI=1S/C19H23F3N4O4S/c1-11(2)4-7-15(27)23-9-17(29)26(3)10-16(28)25-18-24-13-6-5-12(8-14(13)31-18)30-19(20,21)22/h5-6,8,11H,4,7,9-10H2,1-3H3,(H,23,27)(H,24,25,28). The summed E-state index contributed by atoms with van der Waals surface area (Å²) in [7, 11) is 1.42. The van der Waals surface area contributed by atoms with E-state index < -0.39 is 18.2 Å². The minimum atomic E-state index is -4.81. The molecule has 3 amide bonds. The maximum absolute atomic E-state index is 12.3. The Kier molecular flexibility index (Phi) is 8.20. The lowest BCUT2D eigenvalue weighted by atomic mass is 10.1. The Balaban J connectivity index is 1.86. The van der Waals surface area contributed by atoms with Gasteiger partial charge in [-0.25, -0.2) is 4.98 Å². The molecule has 0 aliphatic carbocycles. The number of fused-ring (bicyclic) bond motifs is 1. The predicted molar refractivity (Wildman–Crippen MR) is 110 cm³/mol. The topological polar surface area (TPSA) is 101 Å². The average molecular weight is 460 g/mol. The number of hydrogen-bond acceptors (Lipinski definition) is 6. The van der Waals surface area contributed by atoms with E-state index in [-0.39, 0.29) is 29.9 Å². The lowest BCUT2D eigenvalue weighted by Gasteiger charge is -2.16. The van der Waals surface area contributed by atoms with Gasteiger partial charge in [0, 0.05) is 19.5 Å². The maximum atomic E-state index is 12.3. The lowest BCUT2D eigenvalue weighted by molar-refractivity contribution is -0.274. The number of thiazole rings is 1. The molecule has 2 N–H and O–H groups in total. The second kappa shape index (κ2) is 10.4. The van der Waals surface area contributed by atoms with Gasteiger partial charge in [-0.2, -0.15) is 0 Å². The van der Waals surface area contributed by atoms with Crippen molar-refractivity contribution in [1.29, 1.82) is 0 Å². The van der Waals surface area contributed by atoms with Crippen LogP contribution in [0.15, 0.2) is 18.2 Å². The first-order valence-corrected chi connectivity index (χ1v) is 10.2. The summed E-state index contributed by atoms with van der Waals surface area (Å²) >= 11 is 0.972. The molecule has 12 heteroatoms. The fourth-order valence-corrected chi connectivity index (χ4v) is 3.35. The van der Waals surface area contributed by atoms with E-state index in [9.17, 15) is 27.6 Å². The van der Waals surface area contributed by atoms with Crippen LogP contribution in [0.4, 0.5) is 18.3 Å². The van der Waals surface area contributed by atoms with Crippen molar-refractivity contribution < 1.29 is 32.3 Å². The molecule has 0 spiro atoms. The third-order valence-corrected chi connectivity index (χ3v) is 4.97. The molecule has 1 aromatic carbocycles. The molecule has 170 valence electrons. The first-order chi connectivity index (χ1) is 14.4. The van der Waals surface area contributed by atoms with E-state index in [0.717, 1.165) is 22.3 Å². The van der Waals surface area contributed by atoms with E-state index >= 15 is 0 Å². The SMILES string of the molecule is CC(C)CCC(=O)NCC(=O)N(C)CC(=O)Nc1nc2ccc(OC(F)(F)F)cc2s1. The van der Waals surface area contributed by atoms with Crippen molar-refractivity contribution in [1.82, 2.24) is 15.2 Å². The van der Waals surface area contributed by atoms with Crippen LogP contribution in [0.5, 0.6) is 5.75 Å². The molecule has 0 atom stereocenters. The van der Waals surface area contributed by atoms with Crippen molar-refractivity contribution in [2.24, 2.45) is 5.92 Å². The van der Waals surface area contributed by atoms with E-state index in [4.69, 9.17) is 0 Å². The largest absolute Gasteiger partial charge is 0.573 e. The molecule has 1 heterocycles. The Morgan fingerprint density at radius 1 is 1.23 bits per heavy atom. The van der Waals surface area contributed by atoms with Crippen LogP contribution in [-0.2, 0) is 14.4 Å². The molecule has 0 fully saturated rings. The van der Waals surface area contributed by atoms with Crippen LogP contribution >= 0.6 is 11.3 Å². The van der Waals surface area contributed by atoms with Crippen LogP contribution in [0.1, 0.15) is 26.7 Å². The van der Waals surface area contributed by atoms with Crippen molar-refractivity contribution in [3.8, 4) is 5.75 Å². The van der Waals surface area contributed by atoms with Gasteiger partial charge in [-0.1, -0.05) is 25.2 Å². The summed E-state index contributed by atoms with van der Waals surface area (Å²) in [4.78, 5) is 41.2. The van der Waals surface area contributed by atoms with Crippen molar-refractivity contribution in [2.45, 2.75) is 33.1 Å². The number of hydrogen-bond donors (Lipinski definition) is 2. The minimum Gasteiger partial charge on any atom is -0.406 e. The van der Waals surface area contributed by atoms with E-state index in [1.165, 1.54) is 19.2 Å². The number of nitrogens with zero attached hydrogens (tertiary/aromatic N) is 2. The molecule has 1 aromatic heterocycles. The van der Waals surface area contributed by atoms with Gasteiger partial charge in [0.2, 0.25) is 17.7 Å². The number of benzene rings is 1. The number of aromatic nitrogens is 1. The summed E-state index contributed by atoms with van der Waals surface area (Å²) in [6.45, 7) is 3.49.